The molecule has 3 aromatic rings. The van der Waals surface area contributed by atoms with Crippen molar-refractivity contribution < 1.29 is 9.59 Å². The summed E-state index contributed by atoms with van der Waals surface area (Å²) < 4.78 is 1.83. The number of para-hydroxylation sites is 1. The lowest BCUT2D eigenvalue weighted by atomic mass is 9.93. The number of aromatic nitrogens is 2. The van der Waals surface area contributed by atoms with Crippen molar-refractivity contribution in [1.82, 2.24) is 14.7 Å². The van der Waals surface area contributed by atoms with Gasteiger partial charge < -0.3 is 10.6 Å². The number of rotatable bonds is 5. The van der Waals surface area contributed by atoms with Crippen molar-refractivity contribution in [1.29, 1.82) is 0 Å². The highest BCUT2D eigenvalue weighted by atomic mass is 32.1. The highest BCUT2D eigenvalue weighted by Gasteiger charge is 2.30. The van der Waals surface area contributed by atoms with Gasteiger partial charge in [-0.1, -0.05) is 24.3 Å². The molecule has 2 amide bonds. The summed E-state index contributed by atoms with van der Waals surface area (Å²) in [4.78, 5) is 27.2. The Hall–Kier alpha value is -3.19. The van der Waals surface area contributed by atoms with Gasteiger partial charge in [-0.15, -0.1) is 11.3 Å². The van der Waals surface area contributed by atoms with Gasteiger partial charge in [0.1, 0.15) is 5.69 Å². The number of amides is 2. The standard InChI is InChI=1S/C23H24N4O2S/c1-16-9-10-18(23(24)29)14-26(16)21(28)12-11-17-15-27(19-6-3-2-4-7-19)25-22(17)20-8-5-13-30-20/h2-8,11-13,15-16,18H,9-10,14H2,1H3,(H2,24,29). The van der Waals surface area contributed by atoms with Crippen LogP contribution in [-0.2, 0) is 9.59 Å². The van der Waals surface area contributed by atoms with Crippen LogP contribution in [0.25, 0.3) is 22.3 Å². The number of nitrogens with two attached hydrogens (primary N) is 1. The Balaban J connectivity index is 1.61. The second-order valence-electron chi connectivity index (χ2n) is 7.54. The highest BCUT2D eigenvalue weighted by Crippen LogP contribution is 2.29. The average molecular weight is 421 g/mol. The van der Waals surface area contributed by atoms with E-state index in [1.165, 1.54) is 0 Å². The Bertz CT molecular complexity index is 1060. The Kier molecular flexibility index (Phi) is 5.81. The van der Waals surface area contributed by atoms with Gasteiger partial charge in [0.2, 0.25) is 11.8 Å². The predicted octanol–water partition coefficient (Wildman–Crippen LogP) is 3.73. The van der Waals surface area contributed by atoms with E-state index in [-0.39, 0.29) is 23.8 Å². The Morgan fingerprint density at radius 2 is 1.97 bits per heavy atom. The molecule has 2 atom stereocenters. The molecule has 1 aliphatic rings. The van der Waals surface area contributed by atoms with Crippen molar-refractivity contribution in [2.45, 2.75) is 25.8 Å². The minimum Gasteiger partial charge on any atom is -0.369 e. The van der Waals surface area contributed by atoms with E-state index in [0.29, 0.717) is 6.54 Å². The molecule has 2 aromatic heterocycles. The van der Waals surface area contributed by atoms with Gasteiger partial charge in [0, 0.05) is 30.4 Å². The molecule has 2 unspecified atom stereocenters. The molecule has 3 heterocycles. The fourth-order valence-corrected chi connectivity index (χ4v) is 4.46. The first kappa shape index (κ1) is 20.1. The van der Waals surface area contributed by atoms with Crippen LogP contribution in [0.4, 0.5) is 0 Å². The van der Waals surface area contributed by atoms with Gasteiger partial charge in [-0.05, 0) is 49.4 Å². The van der Waals surface area contributed by atoms with Gasteiger partial charge in [-0.3, -0.25) is 9.59 Å². The van der Waals surface area contributed by atoms with Gasteiger partial charge in [0.25, 0.3) is 0 Å². The molecule has 154 valence electrons. The number of hydrogen-bond donors (Lipinski definition) is 1. The molecular formula is C23H24N4O2S. The molecule has 1 fully saturated rings. The molecule has 0 bridgehead atoms. The van der Waals surface area contributed by atoms with Gasteiger partial charge in [0.05, 0.1) is 16.5 Å². The second-order valence-corrected chi connectivity index (χ2v) is 8.49. The number of nitrogens with zero attached hydrogens (tertiary/aromatic N) is 3. The number of carbonyl (C=O) groups is 2. The minimum atomic E-state index is -0.340. The van der Waals surface area contributed by atoms with E-state index in [0.717, 1.165) is 34.7 Å². The topological polar surface area (TPSA) is 81.2 Å². The van der Waals surface area contributed by atoms with E-state index in [1.54, 1.807) is 22.3 Å². The van der Waals surface area contributed by atoms with Crippen LogP contribution in [0.15, 0.2) is 60.1 Å². The molecule has 0 saturated carbocycles. The van der Waals surface area contributed by atoms with Crippen LogP contribution in [0.1, 0.15) is 25.3 Å². The first-order valence-corrected chi connectivity index (χ1v) is 10.9. The molecule has 7 heteroatoms. The Morgan fingerprint density at radius 3 is 2.67 bits per heavy atom. The first-order chi connectivity index (χ1) is 14.5. The Labute approximate surface area is 179 Å². The summed E-state index contributed by atoms with van der Waals surface area (Å²) in [6, 6.07) is 14.0. The van der Waals surface area contributed by atoms with Crippen LogP contribution in [0.2, 0.25) is 0 Å². The molecule has 2 N–H and O–H groups in total. The van der Waals surface area contributed by atoms with E-state index in [2.05, 4.69) is 0 Å². The molecule has 0 aliphatic carbocycles. The van der Waals surface area contributed by atoms with E-state index in [4.69, 9.17) is 10.8 Å². The number of primary amides is 1. The van der Waals surface area contributed by atoms with E-state index < -0.39 is 0 Å². The maximum atomic E-state index is 12.9. The molecule has 1 aromatic carbocycles. The third-order valence-electron chi connectivity index (χ3n) is 5.49. The molecule has 1 aliphatic heterocycles. The summed E-state index contributed by atoms with van der Waals surface area (Å²) in [5.41, 5.74) is 8.12. The summed E-state index contributed by atoms with van der Waals surface area (Å²) >= 11 is 1.61. The van der Waals surface area contributed by atoms with Gasteiger partial charge in [-0.2, -0.15) is 5.10 Å². The summed E-state index contributed by atoms with van der Waals surface area (Å²) in [6.07, 6.45) is 6.82. The van der Waals surface area contributed by atoms with Crippen LogP contribution in [0.5, 0.6) is 0 Å². The third-order valence-corrected chi connectivity index (χ3v) is 6.37. The van der Waals surface area contributed by atoms with Crippen LogP contribution in [0.3, 0.4) is 0 Å². The zero-order valence-corrected chi connectivity index (χ0v) is 17.6. The maximum Gasteiger partial charge on any atom is 0.246 e. The summed E-state index contributed by atoms with van der Waals surface area (Å²) in [5.74, 6) is -0.730. The number of likely N-dealkylation sites (tertiary alicyclic amines) is 1. The van der Waals surface area contributed by atoms with Gasteiger partial charge >= 0.3 is 0 Å². The van der Waals surface area contributed by atoms with Crippen molar-refractivity contribution in [3.05, 3.63) is 65.7 Å². The fourth-order valence-electron chi connectivity index (χ4n) is 3.73. The normalized spacial score (nSPS) is 19.3. The zero-order valence-electron chi connectivity index (χ0n) is 16.8. The van der Waals surface area contributed by atoms with Gasteiger partial charge in [0.15, 0.2) is 0 Å². The lowest BCUT2D eigenvalue weighted by molar-refractivity contribution is -0.133. The number of thiophene rings is 1. The quantitative estimate of drug-likeness (QED) is 0.639. The van der Waals surface area contributed by atoms with E-state index in [1.807, 2.05) is 71.7 Å². The van der Waals surface area contributed by atoms with Crippen molar-refractivity contribution >= 4 is 29.2 Å². The van der Waals surface area contributed by atoms with Crippen LogP contribution in [0, 0.1) is 5.92 Å². The average Bonchev–Trinajstić information content (AvgIpc) is 3.42. The summed E-state index contributed by atoms with van der Waals surface area (Å²) in [6.45, 7) is 2.38. The molecule has 0 spiro atoms. The molecular weight excluding hydrogens is 396 g/mol. The first-order valence-electron chi connectivity index (χ1n) is 10.00. The number of hydrogen-bond acceptors (Lipinski definition) is 4. The van der Waals surface area contributed by atoms with Crippen LogP contribution in [-0.4, -0.2) is 39.1 Å². The van der Waals surface area contributed by atoms with Crippen molar-refractivity contribution in [3.8, 4) is 16.3 Å². The summed E-state index contributed by atoms with van der Waals surface area (Å²) in [7, 11) is 0. The molecule has 6 nitrogen and oxygen atoms in total. The zero-order chi connectivity index (χ0) is 21.1. The van der Waals surface area contributed by atoms with Crippen LogP contribution >= 0.6 is 11.3 Å². The second kappa shape index (κ2) is 8.67. The van der Waals surface area contributed by atoms with Crippen molar-refractivity contribution in [2.24, 2.45) is 11.7 Å². The van der Waals surface area contributed by atoms with Crippen molar-refractivity contribution in [2.75, 3.05) is 6.54 Å². The fraction of sp³-hybridized carbons (Fsp3) is 0.261. The highest BCUT2D eigenvalue weighted by molar-refractivity contribution is 7.13. The predicted molar refractivity (Wildman–Crippen MR) is 119 cm³/mol. The smallest absolute Gasteiger partial charge is 0.246 e. The number of piperidine rings is 1. The number of carbonyl (C=O) groups excluding carboxylic acids is 2. The lowest BCUT2D eigenvalue weighted by Crippen LogP contribution is -2.48. The third kappa shape index (κ3) is 4.21. The molecule has 1 saturated heterocycles. The largest absolute Gasteiger partial charge is 0.369 e. The van der Waals surface area contributed by atoms with Crippen LogP contribution < -0.4 is 5.73 Å². The van der Waals surface area contributed by atoms with E-state index >= 15 is 0 Å². The Morgan fingerprint density at radius 1 is 1.17 bits per heavy atom. The summed E-state index contributed by atoms with van der Waals surface area (Å²) in [5, 5.41) is 6.76. The molecule has 4 rings (SSSR count). The molecule has 0 radical (unpaired) electrons. The minimum absolute atomic E-state index is 0.0848. The van der Waals surface area contributed by atoms with Crippen molar-refractivity contribution in [3.63, 3.8) is 0 Å². The van der Waals surface area contributed by atoms with E-state index in [9.17, 15) is 9.59 Å². The monoisotopic (exact) mass is 420 g/mol. The lowest BCUT2D eigenvalue weighted by Gasteiger charge is -2.36. The SMILES string of the molecule is CC1CCC(C(N)=O)CN1C(=O)C=Cc1cn(-c2ccccc2)nc1-c1cccs1. The molecule has 30 heavy (non-hydrogen) atoms. The van der Waals surface area contributed by atoms with Gasteiger partial charge in [-0.25, -0.2) is 4.68 Å². The number of benzene rings is 1. The maximum absolute atomic E-state index is 12.9.